The monoisotopic (exact) mass is 418 g/mol. The van der Waals surface area contributed by atoms with Crippen LogP contribution in [0.3, 0.4) is 0 Å². The van der Waals surface area contributed by atoms with Crippen molar-refractivity contribution in [1.82, 2.24) is 20.1 Å². The molecule has 0 unspecified atom stereocenters. The Balaban J connectivity index is 1.65. The lowest BCUT2D eigenvalue weighted by Crippen LogP contribution is -2.33. The van der Waals surface area contributed by atoms with Crippen LogP contribution in [0.25, 0.3) is 11.4 Å². The van der Waals surface area contributed by atoms with Gasteiger partial charge in [0.2, 0.25) is 5.91 Å². The molecule has 5 nitrogen and oxygen atoms in total. The van der Waals surface area contributed by atoms with Crippen LogP contribution in [0.1, 0.15) is 25.5 Å². The summed E-state index contributed by atoms with van der Waals surface area (Å²) in [7, 11) is 1.86. The molecule has 1 amide bonds. The van der Waals surface area contributed by atoms with Gasteiger partial charge in [0.1, 0.15) is 5.82 Å². The van der Waals surface area contributed by atoms with Gasteiger partial charge in [-0.2, -0.15) is 0 Å². The molecule has 3 rings (SSSR count). The van der Waals surface area contributed by atoms with E-state index in [0.717, 1.165) is 11.1 Å². The average molecular weight is 419 g/mol. The minimum Gasteiger partial charge on any atom is -0.349 e. The van der Waals surface area contributed by atoms with Crippen molar-refractivity contribution in [3.8, 4) is 11.4 Å². The fourth-order valence-corrected chi connectivity index (χ4v) is 3.59. The summed E-state index contributed by atoms with van der Waals surface area (Å²) in [4.78, 5) is 12.5. The van der Waals surface area contributed by atoms with E-state index in [1.54, 1.807) is 24.3 Å². The summed E-state index contributed by atoms with van der Waals surface area (Å²) in [5.74, 6) is 0.272. The molecule has 1 heterocycles. The maximum absolute atomic E-state index is 13.1. The molecule has 2 atom stereocenters. The Labute approximate surface area is 172 Å². The standard InChI is InChI=1S/C20H20ClFN4OS/c1-12(14-6-10-17(22)11-7-14)23-19(27)13(2)28-20-25-24-18(26(20)3)15-4-8-16(21)9-5-15/h4-13H,1-3H3,(H,23,27)/t12-,13-/m1/s1. The zero-order valence-electron chi connectivity index (χ0n) is 15.7. The first-order valence-corrected chi connectivity index (χ1v) is 9.98. The Hall–Kier alpha value is -2.38. The normalized spacial score (nSPS) is 13.2. The molecule has 1 N–H and O–H groups in total. The molecule has 0 saturated heterocycles. The molecule has 0 saturated carbocycles. The van der Waals surface area contributed by atoms with Crippen LogP contribution in [0.5, 0.6) is 0 Å². The van der Waals surface area contributed by atoms with Crippen molar-refractivity contribution >= 4 is 29.3 Å². The molecular formula is C20H20ClFN4OS. The lowest BCUT2D eigenvalue weighted by atomic mass is 10.1. The van der Waals surface area contributed by atoms with Gasteiger partial charge in [-0.3, -0.25) is 4.79 Å². The van der Waals surface area contributed by atoms with Crippen LogP contribution in [0, 0.1) is 5.82 Å². The van der Waals surface area contributed by atoms with Crippen molar-refractivity contribution in [2.45, 2.75) is 30.3 Å². The van der Waals surface area contributed by atoms with E-state index in [1.165, 1.54) is 23.9 Å². The molecule has 0 fully saturated rings. The number of nitrogens with one attached hydrogen (secondary N) is 1. The van der Waals surface area contributed by atoms with E-state index in [-0.39, 0.29) is 23.0 Å². The lowest BCUT2D eigenvalue weighted by molar-refractivity contribution is -0.120. The van der Waals surface area contributed by atoms with E-state index in [0.29, 0.717) is 16.0 Å². The van der Waals surface area contributed by atoms with Crippen LogP contribution in [-0.4, -0.2) is 25.9 Å². The number of rotatable bonds is 6. The van der Waals surface area contributed by atoms with Gasteiger partial charge in [0.25, 0.3) is 0 Å². The number of aromatic nitrogens is 3. The van der Waals surface area contributed by atoms with Crippen molar-refractivity contribution in [2.75, 3.05) is 0 Å². The molecule has 0 radical (unpaired) electrons. The van der Waals surface area contributed by atoms with Crippen LogP contribution >= 0.6 is 23.4 Å². The highest BCUT2D eigenvalue weighted by Gasteiger charge is 2.21. The minimum atomic E-state index is -0.371. The van der Waals surface area contributed by atoms with Gasteiger partial charge in [-0.05, 0) is 55.8 Å². The van der Waals surface area contributed by atoms with Gasteiger partial charge in [-0.15, -0.1) is 10.2 Å². The van der Waals surface area contributed by atoms with Crippen LogP contribution < -0.4 is 5.32 Å². The maximum Gasteiger partial charge on any atom is 0.233 e. The molecule has 28 heavy (non-hydrogen) atoms. The Morgan fingerprint density at radius 2 is 1.75 bits per heavy atom. The summed E-state index contributed by atoms with van der Waals surface area (Å²) in [5.41, 5.74) is 1.74. The molecule has 1 aromatic heterocycles. The second-order valence-corrected chi connectivity index (χ2v) is 8.16. The van der Waals surface area contributed by atoms with Crippen molar-refractivity contribution in [3.05, 3.63) is 64.9 Å². The molecule has 0 spiro atoms. The maximum atomic E-state index is 13.1. The zero-order valence-corrected chi connectivity index (χ0v) is 17.3. The summed E-state index contributed by atoms with van der Waals surface area (Å²) in [5, 5.41) is 12.3. The summed E-state index contributed by atoms with van der Waals surface area (Å²) < 4.78 is 14.9. The third-order valence-electron chi connectivity index (χ3n) is 4.32. The smallest absolute Gasteiger partial charge is 0.233 e. The second-order valence-electron chi connectivity index (χ2n) is 6.41. The number of carbonyl (C=O) groups is 1. The number of amides is 1. The first-order chi connectivity index (χ1) is 13.3. The predicted octanol–water partition coefficient (Wildman–Crippen LogP) is 4.63. The Kier molecular flexibility index (Phi) is 6.36. The highest BCUT2D eigenvalue weighted by atomic mass is 35.5. The molecule has 3 aromatic rings. The number of carbonyl (C=O) groups excluding carboxylic acids is 1. The number of halogens is 2. The van der Waals surface area contributed by atoms with Gasteiger partial charge in [0.05, 0.1) is 11.3 Å². The lowest BCUT2D eigenvalue weighted by Gasteiger charge is -2.17. The van der Waals surface area contributed by atoms with Crippen molar-refractivity contribution < 1.29 is 9.18 Å². The number of benzene rings is 2. The molecule has 0 aliphatic carbocycles. The number of hydrogen-bond donors (Lipinski definition) is 1. The van der Waals surface area contributed by atoms with Gasteiger partial charge in [-0.1, -0.05) is 35.5 Å². The highest BCUT2D eigenvalue weighted by Crippen LogP contribution is 2.27. The van der Waals surface area contributed by atoms with E-state index in [4.69, 9.17) is 11.6 Å². The first-order valence-electron chi connectivity index (χ1n) is 8.73. The summed E-state index contributed by atoms with van der Waals surface area (Å²) in [6.07, 6.45) is 0. The Morgan fingerprint density at radius 3 is 2.39 bits per heavy atom. The van der Waals surface area contributed by atoms with Gasteiger partial charge in [0, 0.05) is 17.6 Å². The van der Waals surface area contributed by atoms with Crippen LogP contribution in [0.15, 0.2) is 53.7 Å². The van der Waals surface area contributed by atoms with Gasteiger partial charge in [-0.25, -0.2) is 4.39 Å². The predicted molar refractivity (Wildman–Crippen MR) is 110 cm³/mol. The van der Waals surface area contributed by atoms with Gasteiger partial charge >= 0.3 is 0 Å². The minimum absolute atomic E-state index is 0.127. The SMILES string of the molecule is C[C@@H](Sc1nnc(-c2ccc(Cl)cc2)n1C)C(=O)N[C@H](C)c1ccc(F)cc1. The number of thioether (sulfide) groups is 1. The highest BCUT2D eigenvalue weighted by molar-refractivity contribution is 8.00. The molecule has 2 aromatic carbocycles. The summed E-state index contributed by atoms with van der Waals surface area (Å²) in [6.45, 7) is 3.68. The quantitative estimate of drug-likeness (QED) is 0.593. The van der Waals surface area contributed by atoms with E-state index >= 15 is 0 Å². The number of nitrogens with zero attached hydrogens (tertiary/aromatic N) is 3. The van der Waals surface area contributed by atoms with E-state index in [9.17, 15) is 9.18 Å². The van der Waals surface area contributed by atoms with E-state index in [1.807, 2.05) is 37.6 Å². The summed E-state index contributed by atoms with van der Waals surface area (Å²) in [6, 6.07) is 13.2. The van der Waals surface area contributed by atoms with Crippen LogP contribution in [-0.2, 0) is 11.8 Å². The molecule has 0 aliphatic rings. The first kappa shape index (κ1) is 20.4. The van der Waals surface area contributed by atoms with E-state index in [2.05, 4.69) is 15.5 Å². The third kappa shape index (κ3) is 4.72. The zero-order chi connectivity index (χ0) is 20.3. The van der Waals surface area contributed by atoms with Gasteiger partial charge in [0.15, 0.2) is 11.0 Å². The van der Waals surface area contributed by atoms with Crippen molar-refractivity contribution in [3.63, 3.8) is 0 Å². The molecule has 146 valence electrons. The average Bonchev–Trinajstić information content (AvgIpc) is 3.03. The largest absolute Gasteiger partial charge is 0.349 e. The molecule has 0 aliphatic heterocycles. The van der Waals surface area contributed by atoms with Crippen molar-refractivity contribution in [2.24, 2.45) is 7.05 Å². The molecule has 8 heteroatoms. The fourth-order valence-electron chi connectivity index (χ4n) is 2.65. The Morgan fingerprint density at radius 1 is 1.11 bits per heavy atom. The third-order valence-corrected chi connectivity index (χ3v) is 5.70. The second kappa shape index (κ2) is 8.75. The number of hydrogen-bond acceptors (Lipinski definition) is 4. The van der Waals surface area contributed by atoms with Crippen LogP contribution in [0.2, 0.25) is 5.02 Å². The molecule has 0 bridgehead atoms. The topological polar surface area (TPSA) is 59.8 Å². The fraction of sp³-hybridized carbons (Fsp3) is 0.250. The summed E-state index contributed by atoms with van der Waals surface area (Å²) >= 11 is 7.26. The van der Waals surface area contributed by atoms with Gasteiger partial charge < -0.3 is 9.88 Å². The Bertz CT molecular complexity index is 959. The van der Waals surface area contributed by atoms with E-state index < -0.39 is 0 Å². The van der Waals surface area contributed by atoms with Crippen LogP contribution in [0.4, 0.5) is 4.39 Å². The molecular weight excluding hydrogens is 399 g/mol. The van der Waals surface area contributed by atoms with Crippen molar-refractivity contribution in [1.29, 1.82) is 0 Å².